The number of pyridine rings is 1. The molecule has 2 aliphatic rings. The van der Waals surface area contributed by atoms with Crippen molar-refractivity contribution in [3.8, 4) is 11.8 Å². The van der Waals surface area contributed by atoms with Crippen LogP contribution in [0.15, 0.2) is 36.4 Å². The molecule has 2 aromatic heterocycles. The molecule has 28 heavy (non-hydrogen) atoms. The molecule has 4 heteroatoms. The van der Waals surface area contributed by atoms with E-state index in [1.54, 1.807) is 6.07 Å². The second kappa shape index (κ2) is 6.24. The van der Waals surface area contributed by atoms with Crippen LogP contribution < -0.4 is 0 Å². The predicted molar refractivity (Wildman–Crippen MR) is 108 cm³/mol. The van der Waals surface area contributed by atoms with Crippen molar-refractivity contribution >= 4 is 16.9 Å². The standard InChI is InChI=1S/C24H22N2O2/c1-24(11-12-24)23-20(14-18-4-2-3-17(25-18)8-10-22(27)28)19-9-7-16(15-5-6-15)13-21(19)26-23/h2-4,7,9,13,15,26H,5-6,11-12,14H2,1H3,(H,27,28). The van der Waals surface area contributed by atoms with Crippen molar-refractivity contribution in [3.05, 3.63) is 64.6 Å². The van der Waals surface area contributed by atoms with Crippen LogP contribution in [0.4, 0.5) is 0 Å². The van der Waals surface area contributed by atoms with Gasteiger partial charge < -0.3 is 10.1 Å². The number of aromatic nitrogens is 2. The molecule has 0 saturated heterocycles. The van der Waals surface area contributed by atoms with Crippen LogP contribution in [0.2, 0.25) is 0 Å². The zero-order chi connectivity index (χ0) is 19.3. The third kappa shape index (κ3) is 3.18. The molecule has 2 fully saturated rings. The highest BCUT2D eigenvalue weighted by atomic mass is 16.4. The van der Waals surface area contributed by atoms with Crippen LogP contribution in [0.5, 0.6) is 0 Å². The molecule has 2 aliphatic carbocycles. The Bertz CT molecular complexity index is 1150. The Kier molecular flexibility index (Phi) is 3.80. The van der Waals surface area contributed by atoms with Gasteiger partial charge in [0.2, 0.25) is 0 Å². The number of fused-ring (bicyclic) bond motifs is 1. The number of hydrogen-bond acceptors (Lipinski definition) is 2. The van der Waals surface area contributed by atoms with Gasteiger partial charge in [0.1, 0.15) is 5.69 Å². The maximum Gasteiger partial charge on any atom is 0.382 e. The number of nitrogens with one attached hydrogen (secondary N) is 1. The quantitative estimate of drug-likeness (QED) is 0.664. The van der Waals surface area contributed by atoms with E-state index in [-0.39, 0.29) is 5.41 Å². The number of carboxylic acids is 1. The van der Waals surface area contributed by atoms with E-state index < -0.39 is 5.97 Å². The molecular weight excluding hydrogens is 348 g/mol. The topological polar surface area (TPSA) is 66.0 Å². The van der Waals surface area contributed by atoms with Gasteiger partial charge in [0.15, 0.2) is 0 Å². The highest BCUT2D eigenvalue weighted by molar-refractivity contribution is 5.87. The van der Waals surface area contributed by atoms with Gasteiger partial charge in [-0.25, -0.2) is 9.78 Å². The first-order valence-electron chi connectivity index (χ1n) is 9.88. The minimum atomic E-state index is -1.14. The Hall–Kier alpha value is -3.06. The minimum absolute atomic E-state index is 0.231. The monoisotopic (exact) mass is 370 g/mol. The predicted octanol–water partition coefficient (Wildman–Crippen LogP) is 4.52. The van der Waals surface area contributed by atoms with Gasteiger partial charge in [0, 0.05) is 40.0 Å². The highest BCUT2D eigenvalue weighted by Gasteiger charge is 2.42. The fraction of sp³-hybridized carbons (Fsp3) is 0.333. The molecule has 4 nitrogen and oxygen atoms in total. The van der Waals surface area contributed by atoms with Crippen molar-refractivity contribution in [1.29, 1.82) is 0 Å². The highest BCUT2D eigenvalue weighted by Crippen LogP contribution is 2.50. The van der Waals surface area contributed by atoms with E-state index in [4.69, 9.17) is 5.11 Å². The van der Waals surface area contributed by atoms with Crippen molar-refractivity contribution < 1.29 is 9.90 Å². The summed E-state index contributed by atoms with van der Waals surface area (Å²) < 4.78 is 0. The molecule has 0 bridgehead atoms. The summed E-state index contributed by atoms with van der Waals surface area (Å²) in [7, 11) is 0. The lowest BCUT2D eigenvalue weighted by Gasteiger charge is -2.10. The number of nitrogens with zero attached hydrogens (tertiary/aromatic N) is 1. The minimum Gasteiger partial charge on any atom is -0.472 e. The first kappa shape index (κ1) is 17.1. The van der Waals surface area contributed by atoms with Crippen LogP contribution in [0.25, 0.3) is 10.9 Å². The van der Waals surface area contributed by atoms with E-state index in [1.807, 2.05) is 12.1 Å². The number of carboxylic acid groups (broad SMARTS) is 1. The third-order valence-corrected chi connectivity index (χ3v) is 6.04. The average Bonchev–Trinajstić information content (AvgIpc) is 3.61. The molecular formula is C24H22N2O2. The number of rotatable bonds is 4. The van der Waals surface area contributed by atoms with Crippen LogP contribution in [0.3, 0.4) is 0 Å². The van der Waals surface area contributed by atoms with Crippen molar-refractivity contribution in [2.24, 2.45) is 0 Å². The van der Waals surface area contributed by atoms with Crippen molar-refractivity contribution in [2.75, 3.05) is 0 Å². The zero-order valence-corrected chi connectivity index (χ0v) is 15.9. The summed E-state index contributed by atoms with van der Waals surface area (Å²) in [5, 5.41) is 10.0. The van der Waals surface area contributed by atoms with E-state index >= 15 is 0 Å². The van der Waals surface area contributed by atoms with Crippen LogP contribution in [0.1, 0.15) is 66.7 Å². The molecule has 5 rings (SSSR count). The fourth-order valence-electron chi connectivity index (χ4n) is 4.03. The summed E-state index contributed by atoms with van der Waals surface area (Å²) in [6.07, 6.45) is 5.74. The van der Waals surface area contributed by atoms with Gasteiger partial charge in [0.05, 0.1) is 0 Å². The summed E-state index contributed by atoms with van der Waals surface area (Å²) in [6.45, 7) is 2.32. The Labute approximate surface area is 164 Å². The van der Waals surface area contributed by atoms with Crippen LogP contribution in [-0.4, -0.2) is 21.0 Å². The van der Waals surface area contributed by atoms with Crippen LogP contribution >= 0.6 is 0 Å². The summed E-state index contributed by atoms with van der Waals surface area (Å²) in [6, 6.07) is 12.5. The van der Waals surface area contributed by atoms with Gasteiger partial charge in [-0.15, -0.1) is 0 Å². The van der Waals surface area contributed by atoms with Crippen molar-refractivity contribution in [1.82, 2.24) is 9.97 Å². The molecule has 0 amide bonds. The summed E-state index contributed by atoms with van der Waals surface area (Å²) in [4.78, 5) is 19.0. The second-order valence-electron chi connectivity index (χ2n) is 8.36. The molecule has 3 aromatic rings. The second-order valence-corrected chi connectivity index (χ2v) is 8.36. The first-order valence-corrected chi connectivity index (χ1v) is 9.88. The maximum atomic E-state index is 10.7. The van der Waals surface area contributed by atoms with Crippen molar-refractivity contribution in [3.63, 3.8) is 0 Å². The largest absolute Gasteiger partial charge is 0.472 e. The Morgan fingerprint density at radius 2 is 2.11 bits per heavy atom. The molecule has 1 aromatic carbocycles. The Balaban J connectivity index is 1.55. The molecule has 0 aliphatic heterocycles. The number of hydrogen-bond donors (Lipinski definition) is 2. The maximum absolute atomic E-state index is 10.7. The van der Waals surface area contributed by atoms with Gasteiger partial charge >= 0.3 is 5.97 Å². The lowest BCUT2D eigenvalue weighted by Crippen LogP contribution is -2.05. The van der Waals surface area contributed by atoms with E-state index in [1.165, 1.54) is 53.4 Å². The molecule has 0 unspecified atom stereocenters. The Morgan fingerprint density at radius 1 is 1.29 bits per heavy atom. The molecule has 0 radical (unpaired) electrons. The van der Waals surface area contributed by atoms with E-state index in [9.17, 15) is 4.79 Å². The van der Waals surface area contributed by atoms with Crippen molar-refractivity contribution in [2.45, 2.75) is 50.4 Å². The van der Waals surface area contributed by atoms with E-state index in [2.05, 4.69) is 46.9 Å². The average molecular weight is 370 g/mol. The summed E-state index contributed by atoms with van der Waals surface area (Å²) in [5.74, 6) is 4.36. The van der Waals surface area contributed by atoms with Gasteiger partial charge in [-0.3, -0.25) is 0 Å². The smallest absolute Gasteiger partial charge is 0.382 e. The number of benzene rings is 1. The van der Waals surface area contributed by atoms with Crippen LogP contribution in [0, 0.1) is 11.8 Å². The van der Waals surface area contributed by atoms with Gasteiger partial charge in [-0.1, -0.05) is 25.1 Å². The SMILES string of the molecule is CC1(c2[nH]c3cc(C4CC4)ccc3c2Cc2cccc(C#CC(=O)O)n2)CC1. The number of aromatic amines is 1. The molecule has 2 saturated carbocycles. The fourth-order valence-corrected chi connectivity index (χ4v) is 4.03. The number of carbonyl (C=O) groups is 1. The number of H-pyrrole nitrogens is 1. The van der Waals surface area contributed by atoms with Gasteiger partial charge in [0.25, 0.3) is 0 Å². The normalized spacial score (nSPS) is 17.2. The van der Waals surface area contributed by atoms with Gasteiger partial charge in [-0.2, -0.15) is 0 Å². The third-order valence-electron chi connectivity index (χ3n) is 6.04. The lowest BCUT2D eigenvalue weighted by atomic mass is 9.95. The van der Waals surface area contributed by atoms with Crippen LogP contribution in [-0.2, 0) is 16.6 Å². The summed E-state index contributed by atoms with van der Waals surface area (Å²) in [5.41, 5.74) is 6.95. The molecule has 0 atom stereocenters. The molecule has 2 heterocycles. The first-order chi connectivity index (χ1) is 13.5. The Morgan fingerprint density at radius 3 is 2.82 bits per heavy atom. The molecule has 2 N–H and O–H groups in total. The van der Waals surface area contributed by atoms with E-state index in [0.29, 0.717) is 5.69 Å². The zero-order valence-electron chi connectivity index (χ0n) is 15.9. The molecule has 0 spiro atoms. The lowest BCUT2D eigenvalue weighted by molar-refractivity contribution is -0.130. The number of aliphatic carboxylic acids is 1. The van der Waals surface area contributed by atoms with E-state index in [0.717, 1.165) is 18.0 Å². The van der Waals surface area contributed by atoms with Gasteiger partial charge in [-0.05, 0) is 66.8 Å². The molecule has 140 valence electrons. The summed E-state index contributed by atoms with van der Waals surface area (Å²) >= 11 is 0.